The van der Waals surface area contributed by atoms with E-state index < -0.39 is 11.9 Å². The summed E-state index contributed by atoms with van der Waals surface area (Å²) in [5.74, 6) is 0.988. The van der Waals surface area contributed by atoms with Gasteiger partial charge in [0.1, 0.15) is 11.4 Å². The Bertz CT molecular complexity index is 1430. The number of hydrogen-bond acceptors (Lipinski definition) is 6. The third-order valence-corrected chi connectivity index (χ3v) is 5.77. The number of methoxy groups -OCH3 is 1. The molecule has 8 heteroatoms. The Morgan fingerprint density at radius 3 is 2.67 bits per heavy atom. The number of hydrogen-bond donors (Lipinski definition) is 0. The lowest BCUT2D eigenvalue weighted by atomic mass is 9.98. The van der Waals surface area contributed by atoms with Gasteiger partial charge in [-0.2, -0.15) is 0 Å². The van der Waals surface area contributed by atoms with Crippen LogP contribution in [0.3, 0.4) is 0 Å². The first kappa shape index (κ1) is 21.0. The van der Waals surface area contributed by atoms with E-state index in [1.807, 2.05) is 6.92 Å². The standard InChI is InChI=1S/C25H19ClN2O5/c1-3-32-18-9-7-14(12-19(18)31-2)22-21-23(29)16-13-15(26)8-10-17(16)33-24(21)25(30)28(22)20-6-4-5-11-27-20/h4-13,22H,3H2,1-2H3/t22-/m1/s1. The highest BCUT2D eigenvalue weighted by atomic mass is 35.5. The van der Waals surface area contributed by atoms with E-state index in [1.165, 1.54) is 12.0 Å². The molecule has 4 aromatic rings. The lowest BCUT2D eigenvalue weighted by molar-refractivity contribution is 0.0970. The van der Waals surface area contributed by atoms with Crippen molar-refractivity contribution in [3.05, 3.63) is 92.9 Å². The van der Waals surface area contributed by atoms with Crippen LogP contribution >= 0.6 is 11.6 Å². The molecular weight excluding hydrogens is 444 g/mol. The fourth-order valence-corrected chi connectivity index (χ4v) is 4.29. The maximum atomic E-state index is 13.6. The second kappa shape index (κ2) is 8.26. The molecule has 0 radical (unpaired) electrons. The Morgan fingerprint density at radius 1 is 1.09 bits per heavy atom. The molecule has 33 heavy (non-hydrogen) atoms. The van der Waals surface area contributed by atoms with Crippen LogP contribution in [0.4, 0.5) is 5.82 Å². The Hall–Kier alpha value is -3.84. The average Bonchev–Trinajstić information content (AvgIpc) is 3.13. The van der Waals surface area contributed by atoms with E-state index in [-0.39, 0.29) is 16.8 Å². The number of aromatic nitrogens is 1. The first-order chi connectivity index (χ1) is 16.0. The summed E-state index contributed by atoms with van der Waals surface area (Å²) in [6, 6.07) is 14.5. The number of pyridine rings is 1. The molecule has 0 spiro atoms. The first-order valence-electron chi connectivity index (χ1n) is 10.3. The number of nitrogens with zero attached hydrogens (tertiary/aromatic N) is 2. The summed E-state index contributed by atoms with van der Waals surface area (Å²) in [5.41, 5.74) is 0.856. The average molecular weight is 463 g/mol. The van der Waals surface area contributed by atoms with Gasteiger partial charge in [-0.15, -0.1) is 0 Å². The second-order valence-electron chi connectivity index (χ2n) is 7.42. The van der Waals surface area contributed by atoms with Crippen LogP contribution in [0.25, 0.3) is 11.0 Å². The number of carbonyl (C=O) groups excluding carboxylic acids is 1. The van der Waals surface area contributed by atoms with Gasteiger partial charge < -0.3 is 13.9 Å². The lowest BCUT2D eigenvalue weighted by Crippen LogP contribution is -2.30. The molecule has 2 aromatic carbocycles. The van der Waals surface area contributed by atoms with Crippen LogP contribution in [0, 0.1) is 0 Å². The Labute approximate surface area is 194 Å². The molecule has 3 heterocycles. The molecule has 7 nitrogen and oxygen atoms in total. The van der Waals surface area contributed by atoms with Gasteiger partial charge >= 0.3 is 0 Å². The molecule has 0 fully saturated rings. The van der Waals surface area contributed by atoms with Gasteiger partial charge in [-0.3, -0.25) is 14.5 Å². The molecule has 1 atom stereocenters. The van der Waals surface area contributed by atoms with Gasteiger partial charge in [0.15, 0.2) is 16.9 Å². The molecule has 5 rings (SSSR count). The third-order valence-electron chi connectivity index (χ3n) is 5.53. The Morgan fingerprint density at radius 2 is 1.94 bits per heavy atom. The van der Waals surface area contributed by atoms with Crippen molar-refractivity contribution >= 4 is 34.3 Å². The second-order valence-corrected chi connectivity index (χ2v) is 7.86. The van der Waals surface area contributed by atoms with Crippen molar-refractivity contribution in [1.29, 1.82) is 0 Å². The monoisotopic (exact) mass is 462 g/mol. The van der Waals surface area contributed by atoms with E-state index in [2.05, 4.69) is 4.98 Å². The highest BCUT2D eigenvalue weighted by Gasteiger charge is 2.44. The van der Waals surface area contributed by atoms with Crippen LogP contribution in [-0.4, -0.2) is 24.6 Å². The van der Waals surface area contributed by atoms with Crippen molar-refractivity contribution in [2.24, 2.45) is 0 Å². The van der Waals surface area contributed by atoms with E-state index in [4.69, 9.17) is 25.5 Å². The maximum Gasteiger partial charge on any atom is 0.296 e. The molecule has 0 saturated heterocycles. The Kier molecular flexibility index (Phi) is 5.26. The third kappa shape index (κ3) is 3.41. The minimum Gasteiger partial charge on any atom is -0.493 e. The molecule has 1 amide bonds. The van der Waals surface area contributed by atoms with E-state index in [0.29, 0.717) is 45.5 Å². The molecular formula is C25H19ClN2O5. The molecule has 0 aliphatic carbocycles. The van der Waals surface area contributed by atoms with Crippen LogP contribution < -0.4 is 19.8 Å². The summed E-state index contributed by atoms with van der Waals surface area (Å²) >= 11 is 6.14. The predicted molar refractivity (Wildman–Crippen MR) is 125 cm³/mol. The molecule has 0 unspecified atom stereocenters. The number of benzene rings is 2. The summed E-state index contributed by atoms with van der Waals surface area (Å²) in [4.78, 5) is 33.0. The van der Waals surface area contributed by atoms with Gasteiger partial charge in [0, 0.05) is 11.2 Å². The molecule has 2 aromatic heterocycles. The highest BCUT2D eigenvalue weighted by Crippen LogP contribution is 2.42. The molecule has 0 saturated carbocycles. The quantitative estimate of drug-likeness (QED) is 0.415. The maximum absolute atomic E-state index is 13.6. The number of ether oxygens (including phenoxy) is 2. The van der Waals surface area contributed by atoms with E-state index in [1.54, 1.807) is 60.8 Å². The zero-order chi connectivity index (χ0) is 23.1. The molecule has 1 aliphatic rings. The SMILES string of the molecule is CCOc1ccc([C@@H]2c3c(oc4ccc(Cl)cc4c3=O)C(=O)N2c2ccccn2)cc1OC. The molecule has 1 aliphatic heterocycles. The summed E-state index contributed by atoms with van der Waals surface area (Å²) in [6.07, 6.45) is 1.59. The van der Waals surface area contributed by atoms with Crippen molar-refractivity contribution in [3.8, 4) is 11.5 Å². The lowest BCUT2D eigenvalue weighted by Gasteiger charge is -2.24. The van der Waals surface area contributed by atoms with Crippen LogP contribution in [0.5, 0.6) is 11.5 Å². The summed E-state index contributed by atoms with van der Waals surface area (Å²) in [7, 11) is 1.54. The number of halogens is 1. The van der Waals surface area contributed by atoms with Gasteiger partial charge in [-0.25, -0.2) is 4.98 Å². The van der Waals surface area contributed by atoms with Crippen molar-refractivity contribution in [2.75, 3.05) is 18.6 Å². The number of anilines is 1. The van der Waals surface area contributed by atoms with E-state index in [9.17, 15) is 9.59 Å². The summed E-state index contributed by atoms with van der Waals surface area (Å²) in [5, 5.41) is 0.708. The number of rotatable bonds is 5. The summed E-state index contributed by atoms with van der Waals surface area (Å²) < 4.78 is 17.1. The van der Waals surface area contributed by atoms with Crippen LogP contribution in [0.2, 0.25) is 5.02 Å². The molecule has 0 N–H and O–H groups in total. The van der Waals surface area contributed by atoms with Crippen LogP contribution in [0.15, 0.2) is 70.0 Å². The van der Waals surface area contributed by atoms with Gasteiger partial charge in [0.05, 0.1) is 30.7 Å². The number of amides is 1. The topological polar surface area (TPSA) is 81.9 Å². The largest absolute Gasteiger partial charge is 0.493 e. The summed E-state index contributed by atoms with van der Waals surface area (Å²) in [6.45, 7) is 2.35. The zero-order valence-corrected chi connectivity index (χ0v) is 18.6. The first-order valence-corrected chi connectivity index (χ1v) is 10.7. The number of carbonyl (C=O) groups is 1. The fourth-order valence-electron chi connectivity index (χ4n) is 4.12. The van der Waals surface area contributed by atoms with E-state index >= 15 is 0 Å². The fraction of sp³-hybridized carbons (Fsp3) is 0.160. The van der Waals surface area contributed by atoms with Crippen molar-refractivity contribution < 1.29 is 18.7 Å². The Balaban J connectivity index is 1.79. The van der Waals surface area contributed by atoms with E-state index in [0.717, 1.165) is 0 Å². The highest BCUT2D eigenvalue weighted by molar-refractivity contribution is 6.31. The van der Waals surface area contributed by atoms with Crippen molar-refractivity contribution in [2.45, 2.75) is 13.0 Å². The molecule has 0 bridgehead atoms. The van der Waals surface area contributed by atoms with Crippen molar-refractivity contribution in [1.82, 2.24) is 4.98 Å². The number of fused-ring (bicyclic) bond motifs is 2. The van der Waals surface area contributed by atoms with Gasteiger partial charge in [-0.1, -0.05) is 23.7 Å². The smallest absolute Gasteiger partial charge is 0.296 e. The van der Waals surface area contributed by atoms with Crippen LogP contribution in [-0.2, 0) is 0 Å². The van der Waals surface area contributed by atoms with Gasteiger partial charge in [-0.05, 0) is 55.0 Å². The predicted octanol–water partition coefficient (Wildman–Crippen LogP) is 5.00. The minimum absolute atomic E-state index is 0.0154. The normalized spacial score (nSPS) is 15.1. The molecule has 166 valence electrons. The van der Waals surface area contributed by atoms with Gasteiger partial charge in [0.25, 0.3) is 5.91 Å². The van der Waals surface area contributed by atoms with Crippen LogP contribution in [0.1, 0.15) is 34.6 Å². The minimum atomic E-state index is -0.772. The zero-order valence-electron chi connectivity index (χ0n) is 17.9. The van der Waals surface area contributed by atoms with Crippen molar-refractivity contribution in [3.63, 3.8) is 0 Å². The van der Waals surface area contributed by atoms with Gasteiger partial charge in [0.2, 0.25) is 5.76 Å².